The Balaban J connectivity index is 1.83. The number of carbonyl (C=O) groups excluding carboxylic acids is 1. The number of likely N-dealkylation sites (N-methyl/N-ethyl adjacent to an activating group) is 2. The first-order valence-electron chi connectivity index (χ1n) is 6.50. The average Bonchev–Trinajstić information content (AvgIpc) is 2.99. The summed E-state index contributed by atoms with van der Waals surface area (Å²) in [5.74, 6) is 0.318. The summed E-state index contributed by atoms with van der Waals surface area (Å²) in [5.41, 5.74) is 0. The van der Waals surface area contributed by atoms with Gasteiger partial charge in [0.2, 0.25) is 5.91 Å². The normalized spacial score (nSPS) is 20.9. The maximum atomic E-state index is 12.1. The van der Waals surface area contributed by atoms with Gasteiger partial charge in [0.15, 0.2) is 0 Å². The van der Waals surface area contributed by atoms with Gasteiger partial charge in [-0.3, -0.25) is 9.69 Å². The lowest BCUT2D eigenvalue weighted by molar-refractivity contribution is -0.133. The second-order valence-electron chi connectivity index (χ2n) is 4.79. The van der Waals surface area contributed by atoms with E-state index in [1.165, 1.54) is 12.8 Å². The largest absolute Gasteiger partial charge is 0.339 e. The predicted molar refractivity (Wildman–Crippen MR) is 64.3 cm³/mol. The third-order valence-electron chi connectivity index (χ3n) is 3.67. The molecule has 0 atom stereocenters. The summed E-state index contributed by atoms with van der Waals surface area (Å²) in [6.07, 6.45) is 2.41. The highest BCUT2D eigenvalue weighted by Crippen LogP contribution is 2.26. The number of nitrogens with one attached hydrogen (secondary N) is 1. The Labute approximate surface area is 98.0 Å². The molecule has 1 heterocycles. The lowest BCUT2D eigenvalue weighted by atomic mass is 10.1. The van der Waals surface area contributed by atoms with Crippen LogP contribution in [0.25, 0.3) is 0 Å². The molecule has 0 aromatic rings. The maximum Gasteiger partial charge on any atom is 0.236 e. The van der Waals surface area contributed by atoms with Crippen molar-refractivity contribution in [2.24, 2.45) is 0 Å². The summed E-state index contributed by atoms with van der Waals surface area (Å²) in [5, 5.41) is 3.26. The van der Waals surface area contributed by atoms with Gasteiger partial charge in [0, 0.05) is 31.7 Å². The van der Waals surface area contributed by atoms with E-state index in [1.54, 1.807) is 0 Å². The van der Waals surface area contributed by atoms with Crippen LogP contribution in [0.2, 0.25) is 0 Å². The maximum absolute atomic E-state index is 12.1. The monoisotopic (exact) mass is 225 g/mol. The van der Waals surface area contributed by atoms with Crippen molar-refractivity contribution in [3.63, 3.8) is 0 Å². The van der Waals surface area contributed by atoms with Crippen LogP contribution >= 0.6 is 0 Å². The second-order valence-corrected chi connectivity index (χ2v) is 4.79. The first-order valence-corrected chi connectivity index (χ1v) is 6.50. The SMILES string of the molecule is CCN(CC(=O)N(CC)C1CC1)C1CNC1. The standard InChI is InChI=1S/C12H23N3O/c1-3-14(11-7-13-8-11)9-12(16)15(4-2)10-5-6-10/h10-11,13H,3-9H2,1-2H3. The zero-order valence-electron chi connectivity index (χ0n) is 10.4. The molecule has 1 saturated carbocycles. The van der Waals surface area contributed by atoms with Gasteiger partial charge >= 0.3 is 0 Å². The van der Waals surface area contributed by atoms with Gasteiger partial charge in [0.25, 0.3) is 0 Å². The van der Waals surface area contributed by atoms with Crippen molar-refractivity contribution in [2.75, 3.05) is 32.7 Å². The van der Waals surface area contributed by atoms with Crippen molar-refractivity contribution in [2.45, 2.75) is 38.8 Å². The topological polar surface area (TPSA) is 35.6 Å². The highest BCUT2D eigenvalue weighted by Gasteiger charge is 2.33. The Hall–Kier alpha value is -0.610. The molecule has 92 valence electrons. The van der Waals surface area contributed by atoms with E-state index in [4.69, 9.17) is 0 Å². The van der Waals surface area contributed by atoms with Crippen molar-refractivity contribution in [1.29, 1.82) is 0 Å². The smallest absolute Gasteiger partial charge is 0.236 e. The van der Waals surface area contributed by atoms with Gasteiger partial charge in [0.05, 0.1) is 6.54 Å². The third-order valence-corrected chi connectivity index (χ3v) is 3.67. The van der Waals surface area contributed by atoms with E-state index >= 15 is 0 Å². The summed E-state index contributed by atoms with van der Waals surface area (Å²) in [4.78, 5) is 16.5. The first kappa shape index (κ1) is 11.9. The quantitative estimate of drug-likeness (QED) is 0.706. The van der Waals surface area contributed by atoms with E-state index in [-0.39, 0.29) is 0 Å². The zero-order valence-corrected chi connectivity index (χ0v) is 10.4. The van der Waals surface area contributed by atoms with E-state index in [0.717, 1.165) is 26.2 Å². The van der Waals surface area contributed by atoms with Crippen LogP contribution in [0.15, 0.2) is 0 Å². The zero-order chi connectivity index (χ0) is 11.5. The van der Waals surface area contributed by atoms with Crippen molar-refractivity contribution >= 4 is 5.91 Å². The molecule has 2 rings (SSSR count). The molecule has 1 N–H and O–H groups in total. The molecule has 0 aromatic heterocycles. The molecule has 1 aliphatic heterocycles. The number of rotatable bonds is 6. The lowest BCUT2D eigenvalue weighted by Gasteiger charge is -2.38. The van der Waals surface area contributed by atoms with E-state index in [9.17, 15) is 4.79 Å². The highest BCUT2D eigenvalue weighted by molar-refractivity contribution is 5.79. The van der Waals surface area contributed by atoms with Crippen molar-refractivity contribution in [3.8, 4) is 0 Å². The van der Waals surface area contributed by atoms with Crippen molar-refractivity contribution in [1.82, 2.24) is 15.1 Å². The Kier molecular flexibility index (Phi) is 3.82. The summed E-state index contributed by atoms with van der Waals surface area (Å²) in [7, 11) is 0. The Morgan fingerprint density at radius 3 is 2.25 bits per heavy atom. The van der Waals surface area contributed by atoms with Crippen LogP contribution in [-0.2, 0) is 4.79 Å². The number of nitrogens with zero attached hydrogens (tertiary/aromatic N) is 2. The molecule has 16 heavy (non-hydrogen) atoms. The van der Waals surface area contributed by atoms with Gasteiger partial charge in [-0.2, -0.15) is 0 Å². The number of hydrogen-bond donors (Lipinski definition) is 1. The van der Waals surface area contributed by atoms with E-state index < -0.39 is 0 Å². The summed E-state index contributed by atoms with van der Waals surface area (Å²) in [6, 6.07) is 1.13. The molecule has 0 unspecified atom stereocenters. The average molecular weight is 225 g/mol. The van der Waals surface area contributed by atoms with Gasteiger partial charge in [-0.25, -0.2) is 0 Å². The molecule has 0 bridgehead atoms. The van der Waals surface area contributed by atoms with Gasteiger partial charge in [-0.1, -0.05) is 6.92 Å². The molecule has 0 radical (unpaired) electrons. The Morgan fingerprint density at radius 1 is 1.19 bits per heavy atom. The number of carbonyl (C=O) groups is 1. The molecule has 1 saturated heterocycles. The fraction of sp³-hybridized carbons (Fsp3) is 0.917. The first-order chi connectivity index (χ1) is 7.76. The summed E-state index contributed by atoms with van der Waals surface area (Å²) < 4.78 is 0. The highest BCUT2D eigenvalue weighted by atomic mass is 16.2. The van der Waals surface area contributed by atoms with E-state index in [0.29, 0.717) is 24.5 Å². The van der Waals surface area contributed by atoms with Gasteiger partial charge < -0.3 is 10.2 Å². The predicted octanol–water partition coefficient (Wildman–Crippen LogP) is 0.291. The van der Waals surface area contributed by atoms with Crippen LogP contribution < -0.4 is 5.32 Å². The third kappa shape index (κ3) is 2.55. The Morgan fingerprint density at radius 2 is 1.88 bits per heavy atom. The molecule has 1 aliphatic carbocycles. The molecular weight excluding hydrogens is 202 g/mol. The van der Waals surface area contributed by atoms with Gasteiger partial charge in [0.1, 0.15) is 0 Å². The molecule has 4 heteroatoms. The number of hydrogen-bond acceptors (Lipinski definition) is 3. The molecule has 4 nitrogen and oxygen atoms in total. The van der Waals surface area contributed by atoms with Crippen LogP contribution in [0.4, 0.5) is 0 Å². The van der Waals surface area contributed by atoms with Gasteiger partial charge in [-0.05, 0) is 26.3 Å². The molecule has 2 aliphatic rings. The minimum absolute atomic E-state index is 0.318. The second kappa shape index (κ2) is 5.15. The molecule has 1 amide bonds. The fourth-order valence-corrected chi connectivity index (χ4v) is 2.32. The lowest BCUT2D eigenvalue weighted by Crippen LogP contribution is -2.59. The number of amides is 1. The molecular formula is C12H23N3O. The van der Waals surface area contributed by atoms with Crippen LogP contribution in [0, 0.1) is 0 Å². The van der Waals surface area contributed by atoms with Crippen LogP contribution in [0.5, 0.6) is 0 Å². The molecule has 2 fully saturated rings. The minimum atomic E-state index is 0.318. The van der Waals surface area contributed by atoms with Crippen LogP contribution in [-0.4, -0.2) is 60.5 Å². The summed E-state index contributed by atoms with van der Waals surface area (Å²) >= 11 is 0. The van der Waals surface area contributed by atoms with Crippen LogP contribution in [0.1, 0.15) is 26.7 Å². The van der Waals surface area contributed by atoms with Gasteiger partial charge in [-0.15, -0.1) is 0 Å². The summed E-state index contributed by atoms with van der Waals surface area (Å²) in [6.45, 7) is 8.74. The molecule has 0 spiro atoms. The fourth-order valence-electron chi connectivity index (χ4n) is 2.32. The van der Waals surface area contributed by atoms with E-state index in [2.05, 4.69) is 29.0 Å². The Bertz CT molecular complexity index is 249. The van der Waals surface area contributed by atoms with Crippen molar-refractivity contribution < 1.29 is 4.79 Å². The van der Waals surface area contributed by atoms with E-state index in [1.807, 2.05) is 0 Å². The van der Waals surface area contributed by atoms with Crippen LogP contribution in [0.3, 0.4) is 0 Å². The molecule has 0 aromatic carbocycles. The van der Waals surface area contributed by atoms with Crippen molar-refractivity contribution in [3.05, 3.63) is 0 Å². The minimum Gasteiger partial charge on any atom is -0.339 e.